The van der Waals surface area contributed by atoms with E-state index < -0.39 is 0 Å². The van der Waals surface area contributed by atoms with E-state index in [4.69, 9.17) is 0 Å². The molecule has 0 bridgehead atoms. The smallest absolute Gasteiger partial charge is 0.277 e. The van der Waals surface area contributed by atoms with Crippen molar-refractivity contribution in [1.29, 1.82) is 0 Å². The molecule has 0 atom stereocenters. The minimum Gasteiger partial charge on any atom is -0.277 e. The van der Waals surface area contributed by atoms with Gasteiger partial charge >= 0.3 is 0 Å². The van der Waals surface area contributed by atoms with E-state index in [1.165, 1.54) is 17.7 Å². The average molecular weight is 310 g/mol. The summed E-state index contributed by atoms with van der Waals surface area (Å²) < 4.78 is 1.55. The first-order valence-corrected chi connectivity index (χ1v) is 7.42. The summed E-state index contributed by atoms with van der Waals surface area (Å²) in [6, 6.07) is 7.86. The summed E-state index contributed by atoms with van der Waals surface area (Å²) in [7, 11) is 0. The van der Waals surface area contributed by atoms with Crippen molar-refractivity contribution in [2.75, 3.05) is 5.43 Å². The Bertz CT molecular complexity index is 1110. The number of fused-ring (bicyclic) bond motifs is 4. The number of aromatic nitrogens is 3. The molecule has 1 aromatic carbocycles. The minimum atomic E-state index is -0.302. The van der Waals surface area contributed by atoms with Gasteiger partial charge in [-0.05, 0) is 18.6 Å². The number of amides is 1. The Morgan fingerprint density at radius 1 is 1.32 bits per heavy atom. The number of hydrogen-bond acceptors (Lipinski definition) is 5. The third-order valence-electron chi connectivity index (χ3n) is 3.68. The molecule has 0 saturated carbocycles. The zero-order valence-electron chi connectivity index (χ0n) is 11.5. The molecular weight excluding hydrogens is 300 g/mol. The summed E-state index contributed by atoms with van der Waals surface area (Å²) in [5, 5.41) is 1.95. The van der Waals surface area contributed by atoms with Gasteiger partial charge in [0.15, 0.2) is 0 Å². The lowest BCUT2D eigenvalue weighted by molar-refractivity contribution is -0.106. The van der Waals surface area contributed by atoms with E-state index in [2.05, 4.69) is 15.4 Å². The predicted octanol–water partition coefficient (Wildman–Crippen LogP) is 2.17. The summed E-state index contributed by atoms with van der Waals surface area (Å²) in [5.41, 5.74) is 4.58. The van der Waals surface area contributed by atoms with Gasteiger partial charge in [0.2, 0.25) is 6.41 Å². The highest BCUT2D eigenvalue weighted by molar-refractivity contribution is 7.25. The van der Waals surface area contributed by atoms with Crippen LogP contribution in [0.15, 0.2) is 35.4 Å². The maximum Gasteiger partial charge on any atom is 0.290 e. The molecule has 3 aromatic heterocycles. The highest BCUT2D eigenvalue weighted by atomic mass is 32.1. The lowest BCUT2D eigenvalue weighted by atomic mass is 10.1. The topological polar surface area (TPSA) is 76.9 Å². The van der Waals surface area contributed by atoms with Crippen molar-refractivity contribution < 1.29 is 4.79 Å². The Morgan fingerprint density at radius 2 is 2.14 bits per heavy atom. The molecule has 6 nitrogen and oxygen atoms in total. The largest absolute Gasteiger partial charge is 0.290 e. The van der Waals surface area contributed by atoms with Gasteiger partial charge in [-0.15, -0.1) is 11.3 Å². The second-order valence-electron chi connectivity index (χ2n) is 4.88. The highest BCUT2D eigenvalue weighted by Gasteiger charge is 2.16. The molecule has 0 radical (unpaired) electrons. The van der Waals surface area contributed by atoms with Gasteiger partial charge in [0.25, 0.3) is 5.56 Å². The summed E-state index contributed by atoms with van der Waals surface area (Å²) >= 11 is 1.29. The molecule has 4 rings (SSSR count). The molecule has 0 fully saturated rings. The molecule has 7 heteroatoms. The Kier molecular flexibility index (Phi) is 2.70. The van der Waals surface area contributed by atoms with Crippen LogP contribution in [0.2, 0.25) is 0 Å². The fourth-order valence-corrected chi connectivity index (χ4v) is 3.78. The van der Waals surface area contributed by atoms with E-state index in [0.717, 1.165) is 31.4 Å². The molecule has 1 amide bonds. The van der Waals surface area contributed by atoms with E-state index in [0.29, 0.717) is 16.6 Å². The van der Waals surface area contributed by atoms with E-state index in [9.17, 15) is 9.59 Å². The predicted molar refractivity (Wildman–Crippen MR) is 86.8 cm³/mol. The second kappa shape index (κ2) is 4.60. The standard InChI is InChI=1S/C15H10N4O2S/c1-8-9-4-2-3-5-10(9)18-14-11(8)12-13(22-14)15(21)19(6-16-12)17-7-20/h2-7H,1H3,(H,17,20). The second-order valence-corrected chi connectivity index (χ2v) is 5.88. The van der Waals surface area contributed by atoms with Crippen LogP contribution in [0.5, 0.6) is 0 Å². The number of nitrogens with one attached hydrogen (secondary N) is 1. The molecule has 0 aliphatic carbocycles. The van der Waals surface area contributed by atoms with Crippen molar-refractivity contribution in [2.45, 2.75) is 6.92 Å². The molecule has 22 heavy (non-hydrogen) atoms. The Hall–Kier alpha value is -2.80. The number of hydrogen-bond donors (Lipinski definition) is 1. The van der Waals surface area contributed by atoms with Crippen molar-refractivity contribution in [3.8, 4) is 0 Å². The number of benzene rings is 1. The Morgan fingerprint density at radius 3 is 2.95 bits per heavy atom. The number of carbonyl (C=O) groups is 1. The van der Waals surface area contributed by atoms with Crippen LogP contribution in [0.25, 0.3) is 31.3 Å². The average Bonchev–Trinajstić information content (AvgIpc) is 2.90. The van der Waals surface area contributed by atoms with E-state index in [1.54, 1.807) is 0 Å². The Balaban J connectivity index is 2.20. The van der Waals surface area contributed by atoms with Gasteiger partial charge in [-0.3, -0.25) is 15.0 Å². The van der Waals surface area contributed by atoms with E-state index in [-0.39, 0.29) is 5.56 Å². The van der Waals surface area contributed by atoms with Crippen molar-refractivity contribution in [1.82, 2.24) is 14.6 Å². The summed E-state index contributed by atoms with van der Waals surface area (Å²) in [6.07, 6.45) is 1.76. The summed E-state index contributed by atoms with van der Waals surface area (Å²) in [6.45, 7) is 2.01. The first-order valence-electron chi connectivity index (χ1n) is 6.60. The number of carbonyl (C=O) groups excluding carboxylic acids is 1. The first kappa shape index (κ1) is 12.9. The van der Waals surface area contributed by atoms with Crippen molar-refractivity contribution >= 4 is 49.1 Å². The molecule has 0 aliphatic heterocycles. The quantitative estimate of drug-likeness (QED) is 0.576. The zero-order valence-corrected chi connectivity index (χ0v) is 12.3. The normalized spacial score (nSPS) is 11.3. The number of pyridine rings is 1. The van der Waals surface area contributed by atoms with Crippen molar-refractivity contribution in [3.63, 3.8) is 0 Å². The number of para-hydroxylation sites is 1. The zero-order chi connectivity index (χ0) is 15.3. The van der Waals surface area contributed by atoms with Gasteiger partial charge in [0.1, 0.15) is 15.9 Å². The van der Waals surface area contributed by atoms with Crippen LogP contribution in [0.3, 0.4) is 0 Å². The molecule has 0 saturated heterocycles. The molecule has 1 N–H and O–H groups in total. The van der Waals surface area contributed by atoms with Crippen LogP contribution >= 0.6 is 11.3 Å². The lowest BCUT2D eigenvalue weighted by Crippen LogP contribution is -2.27. The number of thiophene rings is 1. The monoisotopic (exact) mass is 310 g/mol. The fourth-order valence-electron chi connectivity index (χ4n) is 2.65. The van der Waals surface area contributed by atoms with E-state index in [1.807, 2.05) is 31.2 Å². The van der Waals surface area contributed by atoms with Crippen LogP contribution < -0.4 is 11.0 Å². The van der Waals surface area contributed by atoms with Crippen LogP contribution in [-0.2, 0) is 4.79 Å². The van der Waals surface area contributed by atoms with Crippen molar-refractivity contribution in [2.24, 2.45) is 0 Å². The van der Waals surface area contributed by atoms with Crippen molar-refractivity contribution in [3.05, 3.63) is 46.5 Å². The molecular formula is C15H10N4O2S. The molecule has 4 aromatic rings. The molecule has 0 unspecified atom stereocenters. The maximum atomic E-state index is 12.4. The summed E-state index contributed by atoms with van der Waals surface area (Å²) in [4.78, 5) is 32.7. The van der Waals surface area contributed by atoms with Gasteiger partial charge in [0.05, 0.1) is 11.0 Å². The molecule has 0 spiro atoms. The number of rotatable bonds is 2. The SMILES string of the molecule is Cc1c2ccccc2nc2sc3c(=O)n(NC=O)cnc3c12. The number of nitrogens with zero attached hydrogens (tertiary/aromatic N) is 3. The van der Waals surface area contributed by atoms with Crippen LogP contribution in [-0.4, -0.2) is 21.1 Å². The number of aryl methyl sites for hydroxylation is 1. The van der Waals surface area contributed by atoms with Crippen LogP contribution in [0.1, 0.15) is 5.56 Å². The Labute approximate surface area is 128 Å². The summed E-state index contributed by atoms with van der Waals surface area (Å²) in [5.74, 6) is 0. The molecule has 3 heterocycles. The van der Waals surface area contributed by atoms with E-state index >= 15 is 0 Å². The fraction of sp³-hybridized carbons (Fsp3) is 0.0667. The van der Waals surface area contributed by atoms with Crippen LogP contribution in [0, 0.1) is 6.92 Å². The molecule has 0 aliphatic rings. The van der Waals surface area contributed by atoms with Crippen LogP contribution in [0.4, 0.5) is 0 Å². The minimum absolute atomic E-state index is 0.302. The van der Waals surface area contributed by atoms with Gasteiger partial charge in [0, 0.05) is 10.8 Å². The van der Waals surface area contributed by atoms with Gasteiger partial charge in [-0.2, -0.15) is 0 Å². The maximum absolute atomic E-state index is 12.4. The van der Waals surface area contributed by atoms with Gasteiger partial charge in [-0.25, -0.2) is 14.6 Å². The first-order chi connectivity index (χ1) is 10.7. The highest BCUT2D eigenvalue weighted by Crippen LogP contribution is 2.34. The third-order valence-corrected chi connectivity index (χ3v) is 4.74. The molecule has 108 valence electrons. The lowest BCUT2D eigenvalue weighted by Gasteiger charge is -2.03. The van der Waals surface area contributed by atoms with Gasteiger partial charge in [-0.1, -0.05) is 18.2 Å². The van der Waals surface area contributed by atoms with Gasteiger partial charge < -0.3 is 0 Å². The third kappa shape index (κ3) is 1.66.